The second kappa shape index (κ2) is 7.35. The minimum Gasteiger partial charge on any atom is -0.494 e. The van der Waals surface area contributed by atoms with Crippen molar-refractivity contribution in [3.63, 3.8) is 0 Å². The fourth-order valence-electron chi connectivity index (χ4n) is 3.89. The van der Waals surface area contributed by atoms with E-state index >= 15 is 0 Å². The normalized spacial score (nSPS) is 22.3. The Balaban J connectivity index is 1.46. The van der Waals surface area contributed by atoms with Crippen LogP contribution in [0, 0.1) is 5.92 Å². The second-order valence-electron chi connectivity index (χ2n) is 6.93. The molecule has 27 heavy (non-hydrogen) atoms. The van der Waals surface area contributed by atoms with E-state index in [1.807, 2.05) is 49.4 Å². The molecule has 0 saturated carbocycles. The molecule has 1 unspecified atom stereocenters. The lowest BCUT2D eigenvalue weighted by molar-refractivity contribution is -0.118. The zero-order chi connectivity index (χ0) is 18.8. The van der Waals surface area contributed by atoms with Crippen molar-refractivity contribution in [3.05, 3.63) is 64.9 Å². The van der Waals surface area contributed by atoms with Gasteiger partial charge in [-0.25, -0.2) is 4.99 Å². The standard InChI is InChI=1S/C22H22N2O3/c1-2-27-16-9-6-14(7-10-16)12-21(25)23-15-8-11-18-17-4-3-5-19(17)22(26)24-20(18)13-15/h6-11,13,18H,2-5,12H2,1H3,(H,24,26). The smallest absolute Gasteiger partial charge is 0.251 e. The fourth-order valence-corrected chi connectivity index (χ4v) is 3.89. The molecule has 0 saturated heterocycles. The van der Waals surface area contributed by atoms with E-state index in [1.54, 1.807) is 0 Å². The highest BCUT2D eigenvalue weighted by molar-refractivity contribution is 6.11. The van der Waals surface area contributed by atoms with Gasteiger partial charge in [0.15, 0.2) is 0 Å². The third-order valence-electron chi connectivity index (χ3n) is 5.11. The summed E-state index contributed by atoms with van der Waals surface area (Å²) in [6, 6.07) is 7.47. The number of benzene rings is 1. The molecule has 4 rings (SSSR count). The molecule has 0 bridgehead atoms. The van der Waals surface area contributed by atoms with Gasteiger partial charge in [-0.3, -0.25) is 9.59 Å². The topological polar surface area (TPSA) is 67.8 Å². The van der Waals surface area contributed by atoms with E-state index < -0.39 is 0 Å². The number of hydrogen-bond acceptors (Lipinski definition) is 3. The van der Waals surface area contributed by atoms with Gasteiger partial charge in [0.1, 0.15) is 5.75 Å². The first-order valence-corrected chi connectivity index (χ1v) is 9.40. The number of carbonyl (C=O) groups excluding carboxylic acids is 2. The molecule has 3 aliphatic rings. The van der Waals surface area contributed by atoms with Crippen LogP contribution in [0.4, 0.5) is 0 Å². The largest absolute Gasteiger partial charge is 0.494 e. The van der Waals surface area contributed by atoms with E-state index in [-0.39, 0.29) is 24.2 Å². The summed E-state index contributed by atoms with van der Waals surface area (Å²) in [5.74, 6) is 0.706. The van der Waals surface area contributed by atoms with Crippen LogP contribution in [0.25, 0.3) is 0 Å². The highest BCUT2D eigenvalue weighted by Gasteiger charge is 2.34. The molecule has 5 nitrogen and oxygen atoms in total. The monoisotopic (exact) mass is 362 g/mol. The number of hydrogen-bond donors (Lipinski definition) is 1. The summed E-state index contributed by atoms with van der Waals surface area (Å²) in [5, 5.41) is 2.97. The number of nitrogens with zero attached hydrogens (tertiary/aromatic N) is 1. The van der Waals surface area contributed by atoms with Crippen LogP contribution < -0.4 is 10.1 Å². The van der Waals surface area contributed by atoms with Gasteiger partial charge in [0.2, 0.25) is 0 Å². The molecular weight excluding hydrogens is 340 g/mol. The Morgan fingerprint density at radius 3 is 2.85 bits per heavy atom. The number of allylic oxidation sites excluding steroid dienone is 3. The third-order valence-corrected chi connectivity index (χ3v) is 5.11. The van der Waals surface area contributed by atoms with Crippen molar-refractivity contribution in [1.29, 1.82) is 0 Å². The maximum absolute atomic E-state index is 12.3. The zero-order valence-electron chi connectivity index (χ0n) is 15.3. The van der Waals surface area contributed by atoms with Crippen LogP contribution in [-0.2, 0) is 16.0 Å². The van der Waals surface area contributed by atoms with Gasteiger partial charge >= 0.3 is 0 Å². The van der Waals surface area contributed by atoms with Crippen molar-refractivity contribution in [2.24, 2.45) is 10.9 Å². The third kappa shape index (κ3) is 3.63. The van der Waals surface area contributed by atoms with Gasteiger partial charge in [-0.05, 0) is 61.6 Å². The van der Waals surface area contributed by atoms with Crippen molar-refractivity contribution in [2.45, 2.75) is 32.6 Å². The van der Waals surface area contributed by atoms with Gasteiger partial charge in [0, 0.05) is 17.2 Å². The van der Waals surface area contributed by atoms with E-state index in [0.717, 1.165) is 41.8 Å². The molecule has 0 radical (unpaired) electrons. The predicted molar refractivity (Wildman–Crippen MR) is 103 cm³/mol. The molecular formula is C22H22N2O3. The highest BCUT2D eigenvalue weighted by Crippen LogP contribution is 2.39. The molecule has 0 fully saturated rings. The zero-order valence-corrected chi connectivity index (χ0v) is 15.3. The van der Waals surface area contributed by atoms with E-state index in [2.05, 4.69) is 10.3 Å². The summed E-state index contributed by atoms with van der Waals surface area (Å²) < 4.78 is 5.41. The number of carbonyl (C=O) groups is 2. The summed E-state index contributed by atoms with van der Waals surface area (Å²) >= 11 is 0. The Kier molecular flexibility index (Phi) is 4.75. The molecule has 1 heterocycles. The van der Waals surface area contributed by atoms with E-state index in [9.17, 15) is 9.59 Å². The van der Waals surface area contributed by atoms with Crippen molar-refractivity contribution in [3.8, 4) is 5.75 Å². The molecule has 1 aromatic rings. The lowest BCUT2D eigenvalue weighted by atomic mass is 9.85. The average Bonchev–Trinajstić information content (AvgIpc) is 3.14. The molecule has 1 atom stereocenters. The number of nitrogens with one attached hydrogen (secondary N) is 1. The molecule has 1 aromatic carbocycles. The first-order valence-electron chi connectivity index (χ1n) is 9.40. The number of amides is 2. The minimum atomic E-state index is -0.211. The van der Waals surface area contributed by atoms with Gasteiger partial charge in [-0.1, -0.05) is 18.2 Å². The number of fused-ring (bicyclic) bond motifs is 2. The van der Waals surface area contributed by atoms with Crippen LogP contribution in [0.3, 0.4) is 0 Å². The van der Waals surface area contributed by atoms with Gasteiger partial charge in [-0.2, -0.15) is 0 Å². The SMILES string of the molecule is CCOc1ccc(CC(=O)N=C2C=CC3C(=C2)NC(=O)C2=C3CCC2)cc1. The number of aliphatic imine (C=N–C) groups is 1. The van der Waals surface area contributed by atoms with Crippen LogP contribution in [-0.4, -0.2) is 24.1 Å². The lowest BCUT2D eigenvalue weighted by Crippen LogP contribution is -2.35. The molecule has 0 spiro atoms. The van der Waals surface area contributed by atoms with Gasteiger partial charge in [-0.15, -0.1) is 0 Å². The maximum Gasteiger partial charge on any atom is 0.251 e. The Morgan fingerprint density at radius 1 is 1.26 bits per heavy atom. The fraction of sp³-hybridized carbons (Fsp3) is 0.318. The predicted octanol–water partition coefficient (Wildman–Crippen LogP) is 3.28. The molecule has 2 aliphatic carbocycles. The molecule has 5 heteroatoms. The summed E-state index contributed by atoms with van der Waals surface area (Å²) in [6.07, 6.45) is 8.84. The average molecular weight is 362 g/mol. The summed E-state index contributed by atoms with van der Waals surface area (Å²) in [6.45, 7) is 2.55. The summed E-state index contributed by atoms with van der Waals surface area (Å²) in [5.41, 5.74) is 4.47. The highest BCUT2D eigenvalue weighted by atomic mass is 16.5. The first-order chi connectivity index (χ1) is 13.1. The van der Waals surface area contributed by atoms with Crippen molar-refractivity contribution in [1.82, 2.24) is 5.32 Å². The number of ether oxygens (including phenoxy) is 1. The first kappa shape index (κ1) is 17.5. The van der Waals surface area contributed by atoms with E-state index in [1.165, 1.54) is 5.57 Å². The molecule has 138 valence electrons. The van der Waals surface area contributed by atoms with Crippen LogP contribution >= 0.6 is 0 Å². The molecule has 2 amide bonds. The van der Waals surface area contributed by atoms with Crippen LogP contribution in [0.15, 0.2) is 64.3 Å². The van der Waals surface area contributed by atoms with E-state index in [4.69, 9.17) is 4.74 Å². The number of rotatable bonds is 4. The Hall–Kier alpha value is -2.95. The molecule has 1 N–H and O–H groups in total. The molecule has 1 aliphatic heterocycles. The Bertz CT molecular complexity index is 904. The van der Waals surface area contributed by atoms with Crippen molar-refractivity contribution < 1.29 is 14.3 Å². The summed E-state index contributed by atoms with van der Waals surface area (Å²) in [4.78, 5) is 28.8. The Morgan fingerprint density at radius 2 is 2.07 bits per heavy atom. The molecule has 0 aromatic heterocycles. The van der Waals surface area contributed by atoms with E-state index in [0.29, 0.717) is 12.3 Å². The van der Waals surface area contributed by atoms with Gasteiger partial charge < -0.3 is 10.1 Å². The van der Waals surface area contributed by atoms with Crippen molar-refractivity contribution in [2.75, 3.05) is 6.61 Å². The van der Waals surface area contributed by atoms with Crippen LogP contribution in [0.5, 0.6) is 5.75 Å². The van der Waals surface area contributed by atoms with Gasteiger partial charge in [0.25, 0.3) is 11.8 Å². The van der Waals surface area contributed by atoms with Gasteiger partial charge in [0.05, 0.1) is 18.7 Å². The minimum absolute atomic E-state index is 0.000337. The summed E-state index contributed by atoms with van der Waals surface area (Å²) in [7, 11) is 0. The quantitative estimate of drug-likeness (QED) is 0.894. The van der Waals surface area contributed by atoms with Crippen LogP contribution in [0.2, 0.25) is 0 Å². The van der Waals surface area contributed by atoms with Crippen LogP contribution in [0.1, 0.15) is 31.7 Å². The lowest BCUT2D eigenvalue weighted by Gasteiger charge is -2.28. The Labute approximate surface area is 158 Å². The second-order valence-corrected chi connectivity index (χ2v) is 6.93. The van der Waals surface area contributed by atoms with Crippen molar-refractivity contribution >= 4 is 17.5 Å². The maximum atomic E-state index is 12.3.